The summed E-state index contributed by atoms with van der Waals surface area (Å²) in [4.78, 5) is 15.6. The molecule has 1 N–H and O–H groups in total. The lowest BCUT2D eigenvalue weighted by atomic mass is 10.0. The number of nitrogens with one attached hydrogen (secondary N) is 1. The van der Waals surface area contributed by atoms with Gasteiger partial charge >= 0.3 is 0 Å². The highest BCUT2D eigenvalue weighted by molar-refractivity contribution is 6.29. The van der Waals surface area contributed by atoms with Gasteiger partial charge in [-0.3, -0.25) is 4.79 Å². The van der Waals surface area contributed by atoms with Crippen molar-refractivity contribution in [2.24, 2.45) is 5.92 Å². The second-order valence-corrected chi connectivity index (χ2v) is 4.66. The number of carbonyl (C=O) groups excluding carboxylic acids is 1. The molecule has 0 radical (unpaired) electrons. The van der Waals surface area contributed by atoms with Gasteiger partial charge in [0.2, 0.25) is 5.91 Å². The van der Waals surface area contributed by atoms with Crippen LogP contribution < -0.4 is 5.32 Å². The molecule has 4 heteroatoms. The van der Waals surface area contributed by atoms with E-state index < -0.39 is 0 Å². The Bertz CT molecular complexity index is 375. The lowest BCUT2D eigenvalue weighted by molar-refractivity contribution is -0.117. The first-order valence-corrected chi connectivity index (χ1v) is 6.03. The van der Waals surface area contributed by atoms with Crippen LogP contribution in [0.4, 0.5) is 5.69 Å². The molecule has 0 aromatic carbocycles. The molecule has 86 valence electrons. The Labute approximate surface area is 100 Å². The highest BCUT2D eigenvalue weighted by Crippen LogP contribution is 2.27. The van der Waals surface area contributed by atoms with Gasteiger partial charge in [-0.25, -0.2) is 4.98 Å². The fourth-order valence-electron chi connectivity index (χ4n) is 2.17. The van der Waals surface area contributed by atoms with Crippen molar-refractivity contribution in [3.05, 3.63) is 23.5 Å². The van der Waals surface area contributed by atoms with Crippen molar-refractivity contribution in [1.29, 1.82) is 0 Å². The number of rotatable bonds is 3. The van der Waals surface area contributed by atoms with Crippen molar-refractivity contribution >= 4 is 23.2 Å². The van der Waals surface area contributed by atoms with E-state index in [4.69, 9.17) is 11.6 Å². The quantitative estimate of drug-likeness (QED) is 0.822. The number of carbonyl (C=O) groups is 1. The molecule has 16 heavy (non-hydrogen) atoms. The number of hydrogen-bond acceptors (Lipinski definition) is 2. The number of aromatic nitrogens is 1. The summed E-state index contributed by atoms with van der Waals surface area (Å²) in [5.74, 6) is 0.645. The van der Waals surface area contributed by atoms with Gasteiger partial charge in [0.05, 0.1) is 0 Å². The van der Waals surface area contributed by atoms with Crippen LogP contribution in [0.15, 0.2) is 18.3 Å². The number of amides is 1. The fourth-order valence-corrected chi connectivity index (χ4v) is 2.34. The number of nitrogens with zero attached hydrogens (tertiary/aromatic N) is 1. The van der Waals surface area contributed by atoms with Crippen LogP contribution >= 0.6 is 11.6 Å². The Morgan fingerprint density at radius 1 is 1.50 bits per heavy atom. The first-order valence-electron chi connectivity index (χ1n) is 5.65. The monoisotopic (exact) mass is 238 g/mol. The van der Waals surface area contributed by atoms with Crippen LogP contribution in [0.5, 0.6) is 0 Å². The Hall–Kier alpha value is -1.09. The zero-order valence-electron chi connectivity index (χ0n) is 9.08. The van der Waals surface area contributed by atoms with E-state index in [1.54, 1.807) is 18.3 Å². The highest BCUT2D eigenvalue weighted by Gasteiger charge is 2.18. The van der Waals surface area contributed by atoms with Gasteiger partial charge in [0.1, 0.15) is 5.15 Å². The Balaban J connectivity index is 1.86. The summed E-state index contributed by atoms with van der Waals surface area (Å²) in [5.41, 5.74) is 0.725. The lowest BCUT2D eigenvalue weighted by Gasteiger charge is -2.09. The van der Waals surface area contributed by atoms with Crippen LogP contribution in [0.2, 0.25) is 5.15 Å². The molecule has 1 heterocycles. The SMILES string of the molecule is O=C(CC1CCCC1)Nc1ccnc(Cl)c1. The Morgan fingerprint density at radius 2 is 2.25 bits per heavy atom. The summed E-state index contributed by atoms with van der Waals surface area (Å²) in [6, 6.07) is 3.41. The minimum atomic E-state index is 0.0779. The third-order valence-corrected chi connectivity index (χ3v) is 3.17. The first kappa shape index (κ1) is 11.4. The molecule has 0 atom stereocenters. The topological polar surface area (TPSA) is 42.0 Å². The maximum absolute atomic E-state index is 11.7. The highest BCUT2D eigenvalue weighted by atomic mass is 35.5. The standard InChI is InChI=1S/C12H15ClN2O/c13-11-8-10(5-6-14-11)15-12(16)7-9-3-1-2-4-9/h5-6,8-9H,1-4,7H2,(H,14,15,16). The summed E-state index contributed by atoms with van der Waals surface area (Å²) in [7, 11) is 0. The van der Waals surface area contributed by atoms with Gasteiger partial charge < -0.3 is 5.32 Å². The molecule has 1 aliphatic rings. The molecule has 0 spiro atoms. The van der Waals surface area contributed by atoms with Crippen LogP contribution in [-0.2, 0) is 4.79 Å². The van der Waals surface area contributed by atoms with E-state index in [9.17, 15) is 4.79 Å². The van der Waals surface area contributed by atoms with Crippen molar-refractivity contribution in [2.45, 2.75) is 32.1 Å². The molecule has 0 aliphatic heterocycles. The number of pyridine rings is 1. The molecular formula is C12H15ClN2O. The molecule has 1 amide bonds. The molecule has 1 saturated carbocycles. The normalized spacial score (nSPS) is 16.3. The van der Waals surface area contributed by atoms with Crippen LogP contribution in [0.25, 0.3) is 0 Å². The van der Waals surface area contributed by atoms with Gasteiger partial charge in [0, 0.05) is 18.3 Å². The van der Waals surface area contributed by atoms with Crippen molar-refractivity contribution in [3.8, 4) is 0 Å². The zero-order chi connectivity index (χ0) is 11.4. The van der Waals surface area contributed by atoms with E-state index in [2.05, 4.69) is 10.3 Å². The predicted molar refractivity (Wildman–Crippen MR) is 64.5 cm³/mol. The lowest BCUT2D eigenvalue weighted by Crippen LogP contribution is -2.15. The summed E-state index contributed by atoms with van der Waals surface area (Å²) < 4.78 is 0. The van der Waals surface area contributed by atoms with Crippen molar-refractivity contribution < 1.29 is 4.79 Å². The van der Waals surface area contributed by atoms with Gasteiger partial charge in [-0.1, -0.05) is 24.4 Å². The number of halogens is 1. The van der Waals surface area contributed by atoms with Crippen LogP contribution in [-0.4, -0.2) is 10.9 Å². The van der Waals surface area contributed by atoms with Crippen molar-refractivity contribution in [3.63, 3.8) is 0 Å². The van der Waals surface area contributed by atoms with E-state index in [1.807, 2.05) is 0 Å². The number of hydrogen-bond donors (Lipinski definition) is 1. The van der Waals surface area contributed by atoms with E-state index >= 15 is 0 Å². The fraction of sp³-hybridized carbons (Fsp3) is 0.500. The van der Waals surface area contributed by atoms with E-state index in [-0.39, 0.29) is 5.91 Å². The molecule has 0 saturated heterocycles. The summed E-state index contributed by atoms with van der Waals surface area (Å²) in [6.45, 7) is 0. The predicted octanol–water partition coefficient (Wildman–Crippen LogP) is 3.25. The van der Waals surface area contributed by atoms with E-state index in [0.29, 0.717) is 17.5 Å². The summed E-state index contributed by atoms with van der Waals surface area (Å²) in [6.07, 6.45) is 7.11. The third-order valence-electron chi connectivity index (χ3n) is 2.96. The Kier molecular flexibility index (Phi) is 3.78. The summed E-state index contributed by atoms with van der Waals surface area (Å²) >= 11 is 5.74. The average Bonchev–Trinajstić information content (AvgIpc) is 2.70. The van der Waals surface area contributed by atoms with Gasteiger partial charge in [-0.15, -0.1) is 0 Å². The molecule has 0 bridgehead atoms. The van der Waals surface area contributed by atoms with Crippen molar-refractivity contribution in [1.82, 2.24) is 4.98 Å². The molecule has 1 aromatic heterocycles. The second kappa shape index (κ2) is 5.30. The minimum Gasteiger partial charge on any atom is -0.326 e. The molecule has 1 aromatic rings. The molecule has 3 nitrogen and oxygen atoms in total. The van der Waals surface area contributed by atoms with Gasteiger partial charge in [0.15, 0.2) is 0 Å². The van der Waals surface area contributed by atoms with Crippen LogP contribution in [0.3, 0.4) is 0 Å². The zero-order valence-corrected chi connectivity index (χ0v) is 9.83. The van der Waals surface area contributed by atoms with Crippen LogP contribution in [0.1, 0.15) is 32.1 Å². The smallest absolute Gasteiger partial charge is 0.224 e. The number of anilines is 1. The van der Waals surface area contributed by atoms with Crippen LogP contribution in [0, 0.1) is 5.92 Å². The first-order chi connectivity index (χ1) is 7.74. The van der Waals surface area contributed by atoms with Gasteiger partial charge in [-0.05, 0) is 30.9 Å². The van der Waals surface area contributed by atoms with E-state index in [1.165, 1.54) is 25.7 Å². The Morgan fingerprint density at radius 3 is 2.94 bits per heavy atom. The van der Waals surface area contributed by atoms with Crippen molar-refractivity contribution in [2.75, 3.05) is 5.32 Å². The maximum atomic E-state index is 11.7. The van der Waals surface area contributed by atoms with Gasteiger partial charge in [-0.2, -0.15) is 0 Å². The van der Waals surface area contributed by atoms with Gasteiger partial charge in [0.25, 0.3) is 0 Å². The third kappa shape index (κ3) is 3.20. The second-order valence-electron chi connectivity index (χ2n) is 4.27. The molecule has 1 fully saturated rings. The molecule has 1 aliphatic carbocycles. The molecular weight excluding hydrogens is 224 g/mol. The molecule has 0 unspecified atom stereocenters. The summed E-state index contributed by atoms with van der Waals surface area (Å²) in [5, 5.41) is 3.25. The molecule has 2 rings (SSSR count). The maximum Gasteiger partial charge on any atom is 0.224 e. The largest absolute Gasteiger partial charge is 0.326 e. The average molecular weight is 239 g/mol. The minimum absolute atomic E-state index is 0.0779. The van der Waals surface area contributed by atoms with E-state index in [0.717, 1.165) is 5.69 Å².